The van der Waals surface area contributed by atoms with E-state index in [9.17, 15) is 0 Å². The minimum Gasteiger partial charge on any atom is -0.370 e. The summed E-state index contributed by atoms with van der Waals surface area (Å²) in [5.41, 5.74) is 11.8. The monoisotopic (exact) mass is 397 g/mol. The molecule has 3 nitrogen and oxygen atoms in total. The molecule has 0 amide bonds. The summed E-state index contributed by atoms with van der Waals surface area (Å²) < 4.78 is 1.07. The van der Waals surface area contributed by atoms with E-state index in [1.807, 2.05) is 12.1 Å². The highest BCUT2D eigenvalue weighted by Crippen LogP contribution is 2.24. The second kappa shape index (κ2) is 6.44. The van der Waals surface area contributed by atoms with Gasteiger partial charge in [-0.15, -0.1) is 24.0 Å². The van der Waals surface area contributed by atoms with Crippen molar-refractivity contribution in [3.8, 4) is 0 Å². The van der Waals surface area contributed by atoms with Crippen LogP contribution in [0.2, 0.25) is 0 Å². The maximum atomic E-state index is 5.32. The fourth-order valence-corrected chi connectivity index (χ4v) is 1.55. The van der Waals surface area contributed by atoms with Crippen LogP contribution in [-0.4, -0.2) is 12.5 Å². The SMILES string of the molecule is CC(C)(CN=C(N)N)c1ccc(Br)cc1.I. The van der Waals surface area contributed by atoms with Crippen LogP contribution in [0, 0.1) is 0 Å². The number of guanidine groups is 1. The number of nitrogens with zero attached hydrogens (tertiary/aromatic N) is 1. The van der Waals surface area contributed by atoms with Crippen molar-refractivity contribution < 1.29 is 0 Å². The summed E-state index contributed by atoms with van der Waals surface area (Å²) in [6.45, 7) is 4.82. The molecule has 1 aromatic rings. The van der Waals surface area contributed by atoms with Crippen molar-refractivity contribution in [1.29, 1.82) is 0 Å². The molecular weight excluding hydrogens is 381 g/mol. The van der Waals surface area contributed by atoms with Crippen molar-refractivity contribution in [1.82, 2.24) is 0 Å². The first-order valence-corrected chi connectivity index (χ1v) is 5.52. The van der Waals surface area contributed by atoms with E-state index in [1.54, 1.807) is 0 Å². The van der Waals surface area contributed by atoms with Crippen molar-refractivity contribution in [2.75, 3.05) is 6.54 Å². The van der Waals surface area contributed by atoms with E-state index in [0.29, 0.717) is 6.54 Å². The van der Waals surface area contributed by atoms with E-state index in [4.69, 9.17) is 11.5 Å². The van der Waals surface area contributed by atoms with Gasteiger partial charge in [-0.05, 0) is 17.7 Å². The minimum atomic E-state index is -0.0509. The molecule has 0 unspecified atom stereocenters. The Bertz CT molecular complexity index is 356. The van der Waals surface area contributed by atoms with Crippen LogP contribution in [0.5, 0.6) is 0 Å². The fraction of sp³-hybridized carbons (Fsp3) is 0.364. The Hall–Kier alpha value is -0.300. The lowest BCUT2D eigenvalue weighted by Gasteiger charge is -2.23. The average Bonchev–Trinajstić information content (AvgIpc) is 2.16. The van der Waals surface area contributed by atoms with Crippen LogP contribution in [-0.2, 0) is 5.41 Å². The van der Waals surface area contributed by atoms with Gasteiger partial charge in [0.25, 0.3) is 0 Å². The van der Waals surface area contributed by atoms with E-state index in [2.05, 4.69) is 46.9 Å². The van der Waals surface area contributed by atoms with Gasteiger partial charge in [0, 0.05) is 9.89 Å². The second-order valence-corrected chi connectivity index (χ2v) is 5.05. The van der Waals surface area contributed by atoms with Crippen molar-refractivity contribution in [3.63, 3.8) is 0 Å². The molecule has 0 atom stereocenters. The smallest absolute Gasteiger partial charge is 0.185 e. The van der Waals surface area contributed by atoms with Gasteiger partial charge < -0.3 is 11.5 Å². The fourth-order valence-electron chi connectivity index (χ4n) is 1.28. The van der Waals surface area contributed by atoms with Gasteiger partial charge in [-0.3, -0.25) is 4.99 Å². The number of hydrogen-bond donors (Lipinski definition) is 2. The highest BCUT2D eigenvalue weighted by Gasteiger charge is 2.19. The van der Waals surface area contributed by atoms with Gasteiger partial charge in [-0.2, -0.15) is 0 Å². The molecule has 0 saturated carbocycles. The summed E-state index contributed by atoms with van der Waals surface area (Å²) in [5.74, 6) is 0.139. The molecule has 0 fully saturated rings. The summed E-state index contributed by atoms with van der Waals surface area (Å²) in [7, 11) is 0. The zero-order valence-corrected chi connectivity index (χ0v) is 13.3. The second-order valence-electron chi connectivity index (χ2n) is 4.13. The Kier molecular flexibility index (Phi) is 6.32. The lowest BCUT2D eigenvalue weighted by atomic mass is 9.85. The molecular formula is C11H17BrIN3. The molecule has 0 radical (unpaired) electrons. The van der Waals surface area contributed by atoms with Crippen LogP contribution in [0.1, 0.15) is 19.4 Å². The number of hydrogen-bond acceptors (Lipinski definition) is 1. The van der Waals surface area contributed by atoms with Crippen LogP contribution >= 0.6 is 39.9 Å². The van der Waals surface area contributed by atoms with Crippen LogP contribution in [0.3, 0.4) is 0 Å². The summed E-state index contributed by atoms with van der Waals surface area (Å²) in [6, 6.07) is 8.19. The lowest BCUT2D eigenvalue weighted by Crippen LogP contribution is -2.28. The molecule has 90 valence electrons. The first-order valence-electron chi connectivity index (χ1n) is 4.73. The molecule has 0 spiro atoms. The van der Waals surface area contributed by atoms with Crippen molar-refractivity contribution >= 4 is 45.9 Å². The van der Waals surface area contributed by atoms with Crippen molar-refractivity contribution in [2.24, 2.45) is 16.5 Å². The summed E-state index contributed by atoms with van der Waals surface area (Å²) in [6.07, 6.45) is 0. The van der Waals surface area contributed by atoms with E-state index in [0.717, 1.165) is 4.47 Å². The van der Waals surface area contributed by atoms with Crippen LogP contribution in [0.15, 0.2) is 33.7 Å². The average molecular weight is 398 g/mol. The normalized spacial score (nSPS) is 10.4. The van der Waals surface area contributed by atoms with Crippen LogP contribution in [0.4, 0.5) is 0 Å². The number of halogens is 2. The molecule has 4 N–H and O–H groups in total. The first-order chi connectivity index (χ1) is 6.92. The topological polar surface area (TPSA) is 64.4 Å². The summed E-state index contributed by atoms with van der Waals surface area (Å²) in [5, 5.41) is 0. The van der Waals surface area contributed by atoms with Gasteiger partial charge in [0.05, 0.1) is 6.54 Å². The van der Waals surface area contributed by atoms with Crippen LogP contribution in [0.25, 0.3) is 0 Å². The number of rotatable bonds is 3. The van der Waals surface area contributed by atoms with E-state index >= 15 is 0 Å². The van der Waals surface area contributed by atoms with Gasteiger partial charge in [0.1, 0.15) is 0 Å². The van der Waals surface area contributed by atoms with Gasteiger partial charge in [0.15, 0.2) is 5.96 Å². The molecule has 5 heteroatoms. The molecule has 0 saturated heterocycles. The molecule has 1 aromatic carbocycles. The largest absolute Gasteiger partial charge is 0.370 e. The van der Waals surface area contributed by atoms with Gasteiger partial charge in [-0.25, -0.2) is 0 Å². The maximum Gasteiger partial charge on any atom is 0.185 e. The third kappa shape index (κ3) is 4.69. The first kappa shape index (κ1) is 15.7. The molecule has 0 aliphatic heterocycles. The molecule has 0 aromatic heterocycles. The molecule has 1 rings (SSSR count). The third-order valence-corrected chi connectivity index (χ3v) is 2.81. The van der Waals surface area contributed by atoms with Gasteiger partial charge in [-0.1, -0.05) is 41.9 Å². The highest BCUT2D eigenvalue weighted by atomic mass is 127. The Morgan fingerprint density at radius 3 is 2.19 bits per heavy atom. The Labute approximate surface area is 122 Å². The molecule has 0 aliphatic rings. The Balaban J connectivity index is 0.00000225. The van der Waals surface area contributed by atoms with E-state index in [1.165, 1.54) is 5.56 Å². The Morgan fingerprint density at radius 1 is 1.25 bits per heavy atom. The number of nitrogens with two attached hydrogens (primary N) is 2. The molecule has 0 bridgehead atoms. The lowest BCUT2D eigenvalue weighted by molar-refractivity contribution is 0.540. The predicted octanol–water partition coefficient (Wildman–Crippen LogP) is 2.62. The third-order valence-electron chi connectivity index (χ3n) is 2.28. The molecule has 0 heterocycles. The van der Waals surface area contributed by atoms with Gasteiger partial charge in [0.2, 0.25) is 0 Å². The standard InChI is InChI=1S/C11H16BrN3.HI/c1-11(2,7-15-10(13)14)8-3-5-9(12)6-4-8;/h3-6H,7H2,1-2H3,(H4,13,14,15);1H. The van der Waals surface area contributed by atoms with Crippen LogP contribution < -0.4 is 11.5 Å². The van der Waals surface area contributed by atoms with Crippen molar-refractivity contribution in [2.45, 2.75) is 19.3 Å². The number of aliphatic imine (C=N–C) groups is 1. The number of benzene rings is 1. The van der Waals surface area contributed by atoms with Crippen molar-refractivity contribution in [3.05, 3.63) is 34.3 Å². The van der Waals surface area contributed by atoms with E-state index in [-0.39, 0.29) is 35.4 Å². The highest BCUT2D eigenvalue weighted by molar-refractivity contribution is 14.0. The van der Waals surface area contributed by atoms with E-state index < -0.39 is 0 Å². The Morgan fingerprint density at radius 2 is 1.75 bits per heavy atom. The maximum absolute atomic E-state index is 5.32. The molecule has 16 heavy (non-hydrogen) atoms. The quantitative estimate of drug-likeness (QED) is 0.467. The molecule has 0 aliphatic carbocycles. The minimum absolute atomic E-state index is 0. The summed E-state index contributed by atoms with van der Waals surface area (Å²) in [4.78, 5) is 4.06. The zero-order chi connectivity index (χ0) is 11.5. The summed E-state index contributed by atoms with van der Waals surface area (Å²) >= 11 is 3.41. The van der Waals surface area contributed by atoms with Gasteiger partial charge >= 0.3 is 0 Å². The zero-order valence-electron chi connectivity index (χ0n) is 9.40. The predicted molar refractivity (Wildman–Crippen MR) is 83.3 cm³/mol.